The molecule has 1 aliphatic rings. The molecule has 1 rings (SSSR count). The van der Waals surface area contributed by atoms with Crippen LogP contribution in [0.15, 0.2) is 0 Å². The Morgan fingerprint density at radius 2 is 1.86 bits per heavy atom. The number of hydrogen-bond acceptors (Lipinski definition) is 1. The molecule has 0 amide bonds. The molecule has 0 saturated heterocycles. The Morgan fingerprint density at radius 1 is 1.21 bits per heavy atom. The van der Waals surface area contributed by atoms with E-state index in [1.54, 1.807) is 0 Å². The van der Waals surface area contributed by atoms with Crippen LogP contribution in [-0.2, 0) is 0 Å². The maximum atomic E-state index is 9.80. The first-order valence-electron chi connectivity index (χ1n) is 6.40. The normalized spacial score (nSPS) is 30.2. The molecular formula is C13H26O. The first kappa shape index (κ1) is 12.0. The van der Waals surface area contributed by atoms with Crippen molar-refractivity contribution in [3.8, 4) is 0 Å². The highest BCUT2D eigenvalue weighted by Crippen LogP contribution is 2.31. The van der Waals surface area contributed by atoms with Crippen LogP contribution in [0.2, 0.25) is 0 Å². The fraction of sp³-hybridized carbons (Fsp3) is 1.00. The van der Waals surface area contributed by atoms with Gasteiger partial charge >= 0.3 is 0 Å². The molecule has 1 atom stereocenters. The topological polar surface area (TPSA) is 20.2 Å². The van der Waals surface area contributed by atoms with Crippen molar-refractivity contribution in [1.82, 2.24) is 0 Å². The summed E-state index contributed by atoms with van der Waals surface area (Å²) in [5, 5.41) is 9.80. The van der Waals surface area contributed by atoms with Crippen LogP contribution < -0.4 is 0 Å². The third-order valence-electron chi connectivity index (χ3n) is 3.63. The van der Waals surface area contributed by atoms with E-state index < -0.39 is 0 Å². The molecular weight excluding hydrogens is 172 g/mol. The SMILES string of the molecule is CCCCC(O)CC1CCC(C)CC1. The largest absolute Gasteiger partial charge is 0.393 e. The number of aliphatic hydroxyl groups excluding tert-OH is 1. The maximum absolute atomic E-state index is 9.80. The lowest BCUT2D eigenvalue weighted by Crippen LogP contribution is -2.18. The molecule has 14 heavy (non-hydrogen) atoms. The van der Waals surface area contributed by atoms with E-state index in [2.05, 4.69) is 13.8 Å². The van der Waals surface area contributed by atoms with Gasteiger partial charge in [-0.25, -0.2) is 0 Å². The smallest absolute Gasteiger partial charge is 0.0542 e. The van der Waals surface area contributed by atoms with Crippen molar-refractivity contribution in [3.05, 3.63) is 0 Å². The van der Waals surface area contributed by atoms with E-state index in [1.807, 2.05) is 0 Å². The highest BCUT2D eigenvalue weighted by atomic mass is 16.3. The first-order valence-corrected chi connectivity index (χ1v) is 6.40. The van der Waals surface area contributed by atoms with Gasteiger partial charge in [-0.1, -0.05) is 52.4 Å². The summed E-state index contributed by atoms with van der Waals surface area (Å²) in [4.78, 5) is 0. The van der Waals surface area contributed by atoms with E-state index in [9.17, 15) is 5.11 Å². The zero-order valence-corrected chi connectivity index (χ0v) is 9.84. The summed E-state index contributed by atoms with van der Waals surface area (Å²) in [5.41, 5.74) is 0. The highest BCUT2D eigenvalue weighted by molar-refractivity contribution is 4.72. The fourth-order valence-electron chi connectivity index (χ4n) is 2.51. The van der Waals surface area contributed by atoms with Gasteiger partial charge < -0.3 is 5.11 Å². The minimum absolute atomic E-state index is 0.0200. The number of unbranched alkanes of at least 4 members (excludes halogenated alkanes) is 1. The van der Waals surface area contributed by atoms with Gasteiger partial charge in [0.15, 0.2) is 0 Å². The van der Waals surface area contributed by atoms with Gasteiger partial charge in [0.25, 0.3) is 0 Å². The second-order valence-electron chi connectivity index (χ2n) is 5.16. The van der Waals surface area contributed by atoms with Crippen LogP contribution in [0.1, 0.15) is 65.2 Å². The predicted molar refractivity (Wildman–Crippen MR) is 61.3 cm³/mol. The van der Waals surface area contributed by atoms with Crippen LogP contribution in [0.5, 0.6) is 0 Å². The van der Waals surface area contributed by atoms with Crippen LogP contribution in [-0.4, -0.2) is 11.2 Å². The van der Waals surface area contributed by atoms with E-state index in [0.717, 1.165) is 24.7 Å². The molecule has 1 nitrogen and oxygen atoms in total. The zero-order chi connectivity index (χ0) is 10.4. The Bertz CT molecular complexity index is 136. The number of rotatable bonds is 5. The summed E-state index contributed by atoms with van der Waals surface area (Å²) in [6, 6.07) is 0. The van der Waals surface area contributed by atoms with Gasteiger partial charge in [-0.2, -0.15) is 0 Å². The number of aliphatic hydroxyl groups is 1. The van der Waals surface area contributed by atoms with E-state index in [-0.39, 0.29) is 6.10 Å². The Morgan fingerprint density at radius 3 is 2.43 bits per heavy atom. The van der Waals surface area contributed by atoms with Crippen LogP contribution >= 0.6 is 0 Å². The quantitative estimate of drug-likeness (QED) is 0.713. The third-order valence-corrected chi connectivity index (χ3v) is 3.63. The van der Waals surface area contributed by atoms with Crippen molar-refractivity contribution in [2.24, 2.45) is 11.8 Å². The summed E-state index contributed by atoms with van der Waals surface area (Å²) in [6.45, 7) is 4.54. The second kappa shape index (κ2) is 6.44. The van der Waals surface area contributed by atoms with Crippen LogP contribution in [0.3, 0.4) is 0 Å². The molecule has 1 aliphatic carbocycles. The monoisotopic (exact) mass is 198 g/mol. The number of hydrogen-bond donors (Lipinski definition) is 1. The van der Waals surface area contributed by atoms with Gasteiger partial charge in [0.1, 0.15) is 0 Å². The van der Waals surface area contributed by atoms with E-state index in [4.69, 9.17) is 0 Å². The molecule has 0 spiro atoms. The van der Waals surface area contributed by atoms with E-state index in [0.29, 0.717) is 0 Å². The van der Waals surface area contributed by atoms with E-state index in [1.165, 1.54) is 38.5 Å². The van der Waals surface area contributed by atoms with Crippen molar-refractivity contribution in [3.63, 3.8) is 0 Å². The van der Waals surface area contributed by atoms with Gasteiger partial charge in [-0.15, -0.1) is 0 Å². The lowest BCUT2D eigenvalue weighted by atomic mass is 9.80. The van der Waals surface area contributed by atoms with Crippen molar-refractivity contribution in [1.29, 1.82) is 0 Å². The van der Waals surface area contributed by atoms with Crippen molar-refractivity contribution >= 4 is 0 Å². The Labute approximate surface area is 88.9 Å². The van der Waals surface area contributed by atoms with Crippen LogP contribution in [0, 0.1) is 11.8 Å². The summed E-state index contributed by atoms with van der Waals surface area (Å²) in [6.07, 6.45) is 9.91. The summed E-state index contributed by atoms with van der Waals surface area (Å²) < 4.78 is 0. The molecule has 1 fully saturated rings. The molecule has 0 radical (unpaired) electrons. The lowest BCUT2D eigenvalue weighted by Gasteiger charge is -2.27. The predicted octanol–water partition coefficient (Wildman–Crippen LogP) is 3.75. The molecule has 84 valence electrons. The molecule has 1 N–H and O–H groups in total. The Kier molecular flexibility index (Phi) is 5.54. The Balaban J connectivity index is 2.10. The Hall–Kier alpha value is -0.0400. The van der Waals surface area contributed by atoms with Crippen molar-refractivity contribution < 1.29 is 5.11 Å². The van der Waals surface area contributed by atoms with Crippen LogP contribution in [0.4, 0.5) is 0 Å². The summed E-state index contributed by atoms with van der Waals surface area (Å²) in [7, 11) is 0. The average Bonchev–Trinajstić information content (AvgIpc) is 2.18. The fourth-order valence-corrected chi connectivity index (χ4v) is 2.51. The highest BCUT2D eigenvalue weighted by Gasteiger charge is 2.20. The molecule has 1 unspecified atom stereocenters. The lowest BCUT2D eigenvalue weighted by molar-refractivity contribution is 0.114. The van der Waals surface area contributed by atoms with Gasteiger partial charge in [-0.3, -0.25) is 0 Å². The van der Waals surface area contributed by atoms with E-state index >= 15 is 0 Å². The molecule has 0 aliphatic heterocycles. The van der Waals surface area contributed by atoms with Crippen molar-refractivity contribution in [2.75, 3.05) is 0 Å². The first-order chi connectivity index (χ1) is 6.72. The molecule has 1 heteroatoms. The second-order valence-corrected chi connectivity index (χ2v) is 5.16. The van der Waals surface area contributed by atoms with Crippen molar-refractivity contribution in [2.45, 2.75) is 71.3 Å². The standard InChI is InChI=1S/C13H26O/c1-3-4-5-13(14)10-12-8-6-11(2)7-9-12/h11-14H,3-10H2,1-2H3. The summed E-state index contributed by atoms with van der Waals surface area (Å²) in [5.74, 6) is 1.75. The molecule has 0 heterocycles. The molecule has 0 aromatic rings. The van der Waals surface area contributed by atoms with Gasteiger partial charge in [0, 0.05) is 0 Å². The minimum atomic E-state index is -0.0200. The van der Waals surface area contributed by atoms with Crippen LogP contribution in [0.25, 0.3) is 0 Å². The molecule has 0 bridgehead atoms. The molecule has 0 aromatic heterocycles. The molecule has 1 saturated carbocycles. The average molecular weight is 198 g/mol. The molecule has 0 aromatic carbocycles. The third kappa shape index (κ3) is 4.45. The summed E-state index contributed by atoms with van der Waals surface area (Å²) >= 11 is 0. The van der Waals surface area contributed by atoms with Gasteiger partial charge in [0.05, 0.1) is 6.10 Å². The maximum Gasteiger partial charge on any atom is 0.0542 e. The minimum Gasteiger partial charge on any atom is -0.393 e. The zero-order valence-electron chi connectivity index (χ0n) is 9.84. The van der Waals surface area contributed by atoms with Gasteiger partial charge in [-0.05, 0) is 24.7 Å². The van der Waals surface area contributed by atoms with Gasteiger partial charge in [0.2, 0.25) is 0 Å².